The maximum absolute atomic E-state index is 4.68. The van der Waals surface area contributed by atoms with Gasteiger partial charge in [-0.25, -0.2) is 4.98 Å². The molecule has 0 radical (unpaired) electrons. The van der Waals surface area contributed by atoms with Crippen LogP contribution in [0.15, 0.2) is 52.7 Å². The highest BCUT2D eigenvalue weighted by Gasteiger charge is 2.09. The Morgan fingerprint density at radius 3 is 2.43 bits per heavy atom. The number of para-hydroxylation sites is 1. The van der Waals surface area contributed by atoms with Crippen LogP contribution in [0.1, 0.15) is 11.1 Å². The van der Waals surface area contributed by atoms with Gasteiger partial charge in [0.25, 0.3) is 0 Å². The molecule has 0 amide bonds. The minimum absolute atomic E-state index is 0.902. The van der Waals surface area contributed by atoms with Crippen LogP contribution >= 0.6 is 24.0 Å². The van der Waals surface area contributed by atoms with Crippen LogP contribution in [0, 0.1) is 13.8 Å². The SMILES string of the molecule is Cc1cccc(C)c1Nc1nc(-c2ccccc2S)cs1. The van der Waals surface area contributed by atoms with Gasteiger partial charge in [-0.05, 0) is 31.0 Å². The molecular weight excluding hydrogens is 296 g/mol. The van der Waals surface area contributed by atoms with E-state index >= 15 is 0 Å². The number of rotatable bonds is 3. The van der Waals surface area contributed by atoms with Gasteiger partial charge < -0.3 is 5.32 Å². The zero-order valence-electron chi connectivity index (χ0n) is 11.9. The molecule has 0 spiro atoms. The highest BCUT2D eigenvalue weighted by Crippen LogP contribution is 2.32. The Morgan fingerprint density at radius 1 is 1.00 bits per heavy atom. The molecule has 2 aromatic carbocycles. The van der Waals surface area contributed by atoms with Gasteiger partial charge in [-0.3, -0.25) is 0 Å². The lowest BCUT2D eigenvalue weighted by atomic mass is 10.1. The van der Waals surface area contributed by atoms with E-state index in [4.69, 9.17) is 0 Å². The third-order valence-corrected chi connectivity index (χ3v) is 4.54. The summed E-state index contributed by atoms with van der Waals surface area (Å²) in [6.45, 7) is 4.21. The molecule has 0 aliphatic carbocycles. The van der Waals surface area contributed by atoms with Gasteiger partial charge in [0.2, 0.25) is 0 Å². The van der Waals surface area contributed by atoms with Gasteiger partial charge in [0, 0.05) is 21.5 Å². The van der Waals surface area contributed by atoms with Crippen LogP contribution in [0.2, 0.25) is 0 Å². The van der Waals surface area contributed by atoms with Crippen LogP contribution in [0.25, 0.3) is 11.3 Å². The van der Waals surface area contributed by atoms with Crippen molar-refractivity contribution < 1.29 is 0 Å². The Balaban J connectivity index is 1.91. The van der Waals surface area contributed by atoms with E-state index in [0.717, 1.165) is 27.0 Å². The molecule has 0 bridgehead atoms. The normalized spacial score (nSPS) is 10.6. The molecule has 1 N–H and O–H groups in total. The van der Waals surface area contributed by atoms with E-state index in [9.17, 15) is 0 Å². The van der Waals surface area contributed by atoms with Crippen molar-refractivity contribution in [1.29, 1.82) is 0 Å². The number of benzene rings is 2. The van der Waals surface area contributed by atoms with E-state index < -0.39 is 0 Å². The topological polar surface area (TPSA) is 24.9 Å². The monoisotopic (exact) mass is 312 g/mol. The molecule has 0 aliphatic heterocycles. The predicted octanol–water partition coefficient (Wildman–Crippen LogP) is 5.46. The molecule has 0 saturated heterocycles. The summed E-state index contributed by atoms with van der Waals surface area (Å²) in [5.74, 6) is 0. The largest absolute Gasteiger partial charge is 0.331 e. The average molecular weight is 312 g/mol. The highest BCUT2D eigenvalue weighted by molar-refractivity contribution is 7.80. The molecule has 21 heavy (non-hydrogen) atoms. The van der Waals surface area contributed by atoms with Gasteiger partial charge in [0.05, 0.1) is 5.69 Å². The van der Waals surface area contributed by atoms with Crippen LogP contribution in [0.4, 0.5) is 10.8 Å². The van der Waals surface area contributed by atoms with Crippen LogP contribution in [-0.4, -0.2) is 4.98 Å². The number of thiazole rings is 1. The Bertz CT molecular complexity index is 758. The fourth-order valence-corrected chi connectivity index (χ4v) is 3.25. The summed E-state index contributed by atoms with van der Waals surface area (Å²) in [4.78, 5) is 5.62. The third kappa shape index (κ3) is 2.96. The second kappa shape index (κ2) is 5.92. The van der Waals surface area contributed by atoms with Gasteiger partial charge in [-0.15, -0.1) is 24.0 Å². The molecule has 1 heterocycles. The number of hydrogen-bond acceptors (Lipinski definition) is 4. The van der Waals surface area contributed by atoms with Gasteiger partial charge in [-0.1, -0.05) is 36.4 Å². The van der Waals surface area contributed by atoms with Crippen molar-refractivity contribution >= 4 is 34.8 Å². The van der Waals surface area contributed by atoms with Crippen molar-refractivity contribution in [1.82, 2.24) is 4.98 Å². The molecule has 0 saturated carbocycles. The number of aromatic nitrogens is 1. The van der Waals surface area contributed by atoms with Crippen molar-refractivity contribution in [2.24, 2.45) is 0 Å². The summed E-state index contributed by atoms with van der Waals surface area (Å²) in [6.07, 6.45) is 0. The van der Waals surface area contributed by atoms with E-state index in [1.165, 1.54) is 11.1 Å². The smallest absolute Gasteiger partial charge is 0.187 e. The maximum atomic E-state index is 4.68. The van der Waals surface area contributed by atoms with Crippen molar-refractivity contribution in [2.75, 3.05) is 5.32 Å². The van der Waals surface area contributed by atoms with E-state index in [1.54, 1.807) is 11.3 Å². The fourth-order valence-electron chi connectivity index (χ4n) is 2.26. The standard InChI is InChI=1S/C17H16N2S2/c1-11-6-5-7-12(2)16(11)19-17-18-14(10-21-17)13-8-3-4-9-15(13)20/h3-10,20H,1-2H3,(H,18,19). The molecule has 0 aliphatic rings. The van der Waals surface area contributed by atoms with Gasteiger partial charge in [-0.2, -0.15) is 0 Å². The number of nitrogens with zero attached hydrogens (tertiary/aromatic N) is 1. The Kier molecular flexibility index (Phi) is 3.99. The maximum Gasteiger partial charge on any atom is 0.187 e. The van der Waals surface area contributed by atoms with Crippen molar-refractivity contribution in [3.05, 3.63) is 59.0 Å². The molecular formula is C17H16N2S2. The van der Waals surface area contributed by atoms with Crippen LogP contribution in [0.5, 0.6) is 0 Å². The van der Waals surface area contributed by atoms with Crippen LogP contribution in [-0.2, 0) is 0 Å². The lowest BCUT2D eigenvalue weighted by molar-refractivity contribution is 1.31. The zero-order chi connectivity index (χ0) is 14.8. The molecule has 3 aromatic rings. The summed E-state index contributed by atoms with van der Waals surface area (Å²) >= 11 is 6.10. The number of anilines is 2. The van der Waals surface area contributed by atoms with Crippen LogP contribution in [0.3, 0.4) is 0 Å². The number of hydrogen-bond donors (Lipinski definition) is 2. The first-order valence-corrected chi connectivity index (χ1v) is 8.05. The molecule has 0 atom stereocenters. The summed E-state index contributed by atoms with van der Waals surface area (Å²) in [5, 5.41) is 6.39. The molecule has 2 nitrogen and oxygen atoms in total. The van der Waals surface area contributed by atoms with Crippen molar-refractivity contribution in [3.8, 4) is 11.3 Å². The lowest BCUT2D eigenvalue weighted by Crippen LogP contribution is -1.95. The van der Waals surface area contributed by atoms with Gasteiger partial charge >= 0.3 is 0 Å². The zero-order valence-corrected chi connectivity index (χ0v) is 13.6. The number of thiol groups is 1. The van der Waals surface area contributed by atoms with E-state index in [2.05, 4.69) is 60.4 Å². The third-order valence-electron chi connectivity index (χ3n) is 3.40. The summed E-state index contributed by atoms with van der Waals surface area (Å²) < 4.78 is 0. The molecule has 3 rings (SSSR count). The first-order valence-electron chi connectivity index (χ1n) is 6.72. The minimum atomic E-state index is 0.902. The average Bonchev–Trinajstić information content (AvgIpc) is 2.92. The molecule has 0 unspecified atom stereocenters. The predicted molar refractivity (Wildman–Crippen MR) is 94.0 cm³/mol. The minimum Gasteiger partial charge on any atom is -0.331 e. The summed E-state index contributed by atoms with van der Waals surface area (Å²) in [5.41, 5.74) is 5.60. The Hall–Kier alpha value is -1.78. The first kappa shape index (κ1) is 14.2. The number of aryl methyl sites for hydroxylation is 2. The van der Waals surface area contributed by atoms with Crippen molar-refractivity contribution in [2.45, 2.75) is 18.7 Å². The van der Waals surface area contributed by atoms with Gasteiger partial charge in [0.1, 0.15) is 0 Å². The van der Waals surface area contributed by atoms with Crippen molar-refractivity contribution in [3.63, 3.8) is 0 Å². The second-order valence-electron chi connectivity index (χ2n) is 4.95. The Labute approximate surface area is 134 Å². The quantitative estimate of drug-likeness (QED) is 0.628. The first-order chi connectivity index (χ1) is 10.1. The lowest BCUT2D eigenvalue weighted by Gasteiger charge is -2.09. The molecule has 106 valence electrons. The van der Waals surface area contributed by atoms with Crippen LogP contribution < -0.4 is 5.32 Å². The van der Waals surface area contributed by atoms with Gasteiger partial charge in [0.15, 0.2) is 5.13 Å². The molecule has 4 heteroatoms. The molecule has 1 aromatic heterocycles. The van der Waals surface area contributed by atoms with E-state index in [-0.39, 0.29) is 0 Å². The number of nitrogens with one attached hydrogen (secondary N) is 1. The van der Waals surface area contributed by atoms with E-state index in [1.807, 2.05) is 24.3 Å². The fraction of sp³-hybridized carbons (Fsp3) is 0.118. The molecule has 0 fully saturated rings. The highest BCUT2D eigenvalue weighted by atomic mass is 32.1. The Morgan fingerprint density at radius 2 is 1.71 bits per heavy atom. The van der Waals surface area contributed by atoms with E-state index in [0.29, 0.717) is 0 Å². The summed E-state index contributed by atoms with van der Waals surface area (Å²) in [7, 11) is 0. The summed E-state index contributed by atoms with van der Waals surface area (Å²) in [6, 6.07) is 14.3. The second-order valence-corrected chi connectivity index (χ2v) is 6.29.